The minimum absolute atomic E-state index is 0.0338. The van der Waals surface area contributed by atoms with Gasteiger partial charge in [-0.15, -0.1) is 0 Å². The summed E-state index contributed by atoms with van der Waals surface area (Å²) in [5, 5.41) is 0. The number of sulfonamides is 1. The Bertz CT molecular complexity index is 899. The first-order valence-corrected chi connectivity index (χ1v) is 14.8. The van der Waals surface area contributed by atoms with Gasteiger partial charge < -0.3 is 18.5 Å². The van der Waals surface area contributed by atoms with Gasteiger partial charge in [0.05, 0.1) is 43.6 Å². The van der Waals surface area contributed by atoms with E-state index < -0.39 is 31.3 Å². The van der Waals surface area contributed by atoms with Gasteiger partial charge in [0.1, 0.15) is 12.6 Å². The van der Waals surface area contributed by atoms with Crippen LogP contribution in [0.2, 0.25) is 0 Å². The standard InChI is InChI=1S/C20H37N2O4S.CH4O3S/c1-18(2)16-8-9-19(18,15-27(23,24)21-10-6-7-11-21)20(12-16)25-14-17(26-20)13-22(3,4)5;1-5(2,3)4/h16-17H,6-15H2,1-5H3;1H3,(H,2,3,4)/q+1;/p-1/t16-,17-,19+,20?;/m0./s1. The lowest BCUT2D eigenvalue weighted by atomic mass is 9.68. The second-order valence-corrected chi connectivity index (χ2v) is 15.0. The Balaban J connectivity index is 0.000000523. The quantitative estimate of drug-likeness (QED) is 0.415. The molecule has 0 aromatic rings. The molecule has 11 heteroatoms. The zero-order chi connectivity index (χ0) is 24.2. The van der Waals surface area contributed by atoms with E-state index in [0.29, 0.717) is 31.9 Å². The number of hydrogen-bond donors (Lipinski definition) is 0. The molecule has 0 radical (unpaired) electrons. The summed E-state index contributed by atoms with van der Waals surface area (Å²) in [6.45, 7) is 7.28. The molecule has 4 aliphatic rings. The van der Waals surface area contributed by atoms with E-state index in [1.54, 1.807) is 4.31 Å². The molecule has 4 atom stereocenters. The lowest BCUT2D eigenvalue weighted by Crippen LogP contribution is -2.56. The van der Waals surface area contributed by atoms with Crippen molar-refractivity contribution < 1.29 is 35.3 Å². The third-order valence-electron chi connectivity index (χ3n) is 7.92. The Morgan fingerprint density at radius 1 is 1.09 bits per heavy atom. The molecule has 2 heterocycles. The van der Waals surface area contributed by atoms with Crippen LogP contribution in [0.15, 0.2) is 0 Å². The lowest BCUT2D eigenvalue weighted by Gasteiger charge is -2.47. The van der Waals surface area contributed by atoms with Gasteiger partial charge in [-0.05, 0) is 37.0 Å². The monoisotopic (exact) mass is 496 g/mol. The van der Waals surface area contributed by atoms with Crippen molar-refractivity contribution >= 4 is 20.1 Å². The molecule has 9 nitrogen and oxygen atoms in total. The van der Waals surface area contributed by atoms with Gasteiger partial charge in [0.15, 0.2) is 5.79 Å². The molecule has 1 spiro atoms. The molecule has 188 valence electrons. The molecule has 1 unspecified atom stereocenters. The highest BCUT2D eigenvalue weighted by Crippen LogP contribution is 2.72. The Morgan fingerprint density at radius 3 is 2.16 bits per heavy atom. The van der Waals surface area contributed by atoms with Crippen LogP contribution in [0.1, 0.15) is 46.0 Å². The van der Waals surface area contributed by atoms with Gasteiger partial charge in [-0.2, -0.15) is 0 Å². The Morgan fingerprint density at radius 2 is 1.66 bits per heavy atom. The SMILES string of the molecule is CC1(C)[C@H]2CC[C@]1(CS(=O)(=O)N1CCCC1)C1(C2)OC[C@H](C[N+](C)(C)C)O1.CS(=O)(=O)[O-]. The van der Waals surface area contributed by atoms with E-state index >= 15 is 0 Å². The average molecular weight is 497 g/mol. The summed E-state index contributed by atoms with van der Waals surface area (Å²) in [5.41, 5.74) is -0.545. The Labute approximate surface area is 193 Å². The number of nitrogens with zero attached hydrogens (tertiary/aromatic N) is 2. The van der Waals surface area contributed by atoms with Crippen molar-refractivity contribution in [2.45, 2.75) is 57.8 Å². The molecule has 0 N–H and O–H groups in total. The maximum atomic E-state index is 13.3. The smallest absolute Gasteiger partial charge is 0.214 e. The van der Waals surface area contributed by atoms with Crippen LogP contribution in [0, 0.1) is 16.7 Å². The second kappa shape index (κ2) is 8.42. The van der Waals surface area contributed by atoms with Crippen LogP contribution < -0.4 is 0 Å². The van der Waals surface area contributed by atoms with Gasteiger partial charge in [-0.25, -0.2) is 21.1 Å². The van der Waals surface area contributed by atoms with Gasteiger partial charge in [0.25, 0.3) is 0 Å². The van der Waals surface area contributed by atoms with Crippen LogP contribution in [-0.2, 0) is 29.6 Å². The van der Waals surface area contributed by atoms with Crippen LogP contribution >= 0.6 is 0 Å². The third kappa shape index (κ3) is 5.04. The van der Waals surface area contributed by atoms with Gasteiger partial charge in [-0.3, -0.25) is 0 Å². The highest BCUT2D eigenvalue weighted by Gasteiger charge is 2.76. The molecule has 2 aliphatic carbocycles. The zero-order valence-corrected chi connectivity index (χ0v) is 21.9. The van der Waals surface area contributed by atoms with E-state index in [9.17, 15) is 8.42 Å². The van der Waals surface area contributed by atoms with E-state index in [4.69, 9.17) is 22.4 Å². The summed E-state index contributed by atoms with van der Waals surface area (Å²) in [4.78, 5) is 0. The summed E-state index contributed by atoms with van der Waals surface area (Å²) in [6.07, 6.45) is 5.39. The lowest BCUT2D eigenvalue weighted by molar-refractivity contribution is -0.873. The molecule has 2 aliphatic heterocycles. The second-order valence-electron chi connectivity index (χ2n) is 11.6. The molecule has 2 saturated carbocycles. The van der Waals surface area contributed by atoms with E-state index in [-0.39, 0.29) is 17.3 Å². The fraction of sp³-hybridized carbons (Fsp3) is 1.00. The summed E-state index contributed by atoms with van der Waals surface area (Å²) in [7, 11) is -0.743. The van der Waals surface area contributed by atoms with Crippen molar-refractivity contribution in [2.75, 3.05) is 59.4 Å². The maximum absolute atomic E-state index is 13.3. The molecule has 4 fully saturated rings. The van der Waals surface area contributed by atoms with Crippen molar-refractivity contribution in [3.05, 3.63) is 0 Å². The molecule has 0 amide bonds. The van der Waals surface area contributed by atoms with E-state index in [1.165, 1.54) is 0 Å². The fourth-order valence-corrected chi connectivity index (χ4v) is 8.77. The summed E-state index contributed by atoms with van der Waals surface area (Å²) < 4.78 is 69.5. The van der Waals surface area contributed by atoms with E-state index in [0.717, 1.165) is 43.1 Å². The molecule has 2 bridgehead atoms. The number of hydrogen-bond acceptors (Lipinski definition) is 7. The first-order chi connectivity index (χ1) is 14.4. The first kappa shape index (κ1) is 26.3. The molecule has 0 aromatic heterocycles. The highest BCUT2D eigenvalue weighted by atomic mass is 32.2. The highest BCUT2D eigenvalue weighted by molar-refractivity contribution is 7.89. The average Bonchev–Trinajstić information content (AvgIpc) is 3.31. The molecular weight excluding hydrogens is 456 g/mol. The Kier molecular flexibility index (Phi) is 6.92. The number of rotatable bonds is 5. The fourth-order valence-electron chi connectivity index (χ4n) is 6.41. The summed E-state index contributed by atoms with van der Waals surface area (Å²) >= 11 is 0. The number of ether oxygens (including phenoxy) is 2. The predicted molar refractivity (Wildman–Crippen MR) is 120 cm³/mol. The third-order valence-corrected chi connectivity index (χ3v) is 9.93. The predicted octanol–water partition coefficient (Wildman–Crippen LogP) is 1.22. The summed E-state index contributed by atoms with van der Waals surface area (Å²) in [6, 6.07) is 0. The van der Waals surface area contributed by atoms with Crippen molar-refractivity contribution in [1.82, 2.24) is 4.31 Å². The number of quaternary nitrogens is 1. The maximum Gasteiger partial charge on any atom is 0.214 e. The van der Waals surface area contributed by atoms with Crippen molar-refractivity contribution in [1.29, 1.82) is 0 Å². The van der Waals surface area contributed by atoms with Gasteiger partial charge in [0.2, 0.25) is 10.0 Å². The molecule has 2 saturated heterocycles. The normalized spacial score (nSPS) is 37.1. The largest absolute Gasteiger partial charge is 0.748 e. The number of likely N-dealkylation sites (N-methyl/N-ethyl adjacent to an activating group) is 1. The van der Waals surface area contributed by atoms with Crippen LogP contribution in [0.4, 0.5) is 0 Å². The molecular formula is C21H40N2O7S2. The molecule has 32 heavy (non-hydrogen) atoms. The first-order valence-electron chi connectivity index (χ1n) is 11.4. The minimum Gasteiger partial charge on any atom is -0.748 e. The Hall–Kier alpha value is -0.300. The van der Waals surface area contributed by atoms with Gasteiger partial charge in [-0.1, -0.05) is 13.8 Å². The van der Waals surface area contributed by atoms with Crippen LogP contribution in [0.5, 0.6) is 0 Å². The topological polar surface area (TPSA) is 113 Å². The van der Waals surface area contributed by atoms with Gasteiger partial charge >= 0.3 is 0 Å². The van der Waals surface area contributed by atoms with Crippen molar-refractivity contribution in [2.24, 2.45) is 16.7 Å². The van der Waals surface area contributed by atoms with Crippen LogP contribution in [-0.4, -0.2) is 101 Å². The van der Waals surface area contributed by atoms with Crippen molar-refractivity contribution in [3.63, 3.8) is 0 Å². The molecule has 0 aromatic carbocycles. The number of fused-ring (bicyclic) bond motifs is 3. The summed E-state index contributed by atoms with van der Waals surface area (Å²) in [5.74, 6) is -0.0960. The van der Waals surface area contributed by atoms with Crippen molar-refractivity contribution in [3.8, 4) is 0 Å². The van der Waals surface area contributed by atoms with E-state index in [1.807, 2.05) is 0 Å². The van der Waals surface area contributed by atoms with Crippen LogP contribution in [0.25, 0.3) is 0 Å². The zero-order valence-electron chi connectivity index (χ0n) is 20.3. The van der Waals surface area contributed by atoms with Crippen LogP contribution in [0.3, 0.4) is 0 Å². The van der Waals surface area contributed by atoms with Gasteiger partial charge in [0, 0.05) is 31.2 Å². The minimum atomic E-state index is -3.92. The van der Waals surface area contributed by atoms with E-state index in [2.05, 4.69) is 35.0 Å². The molecule has 4 rings (SSSR count).